The average Bonchev–Trinajstić information content (AvgIpc) is 2.66. The summed E-state index contributed by atoms with van der Waals surface area (Å²) in [4.78, 5) is 0. The maximum absolute atomic E-state index is 13.6. The van der Waals surface area contributed by atoms with Crippen LogP contribution in [0.1, 0.15) is 44.2 Å². The molecule has 0 amide bonds. The molecule has 2 rings (SSSR count). The van der Waals surface area contributed by atoms with E-state index in [2.05, 4.69) is 6.92 Å². The Morgan fingerprint density at radius 2 is 1.88 bits per heavy atom. The van der Waals surface area contributed by atoms with Gasteiger partial charge in [0, 0.05) is 17.7 Å². The van der Waals surface area contributed by atoms with E-state index in [1.807, 2.05) is 0 Å². The molecule has 1 saturated carbocycles. The van der Waals surface area contributed by atoms with Crippen LogP contribution in [-0.2, 0) is 0 Å². The van der Waals surface area contributed by atoms with Gasteiger partial charge in [0.25, 0.3) is 0 Å². The van der Waals surface area contributed by atoms with Crippen molar-refractivity contribution in [3.05, 3.63) is 35.4 Å². The molecule has 1 nitrogen and oxygen atoms in total. The molecule has 0 heterocycles. The van der Waals surface area contributed by atoms with E-state index in [9.17, 15) is 8.78 Å². The quantitative estimate of drug-likeness (QED) is 0.818. The second kappa shape index (κ2) is 4.13. The fraction of sp³-hybridized carbons (Fsp3) is 0.538. The lowest BCUT2D eigenvalue weighted by Crippen LogP contribution is -2.30. The van der Waals surface area contributed by atoms with Crippen LogP contribution in [0.25, 0.3) is 0 Å². The predicted octanol–water partition coefficient (Wildman–Crippen LogP) is 3.54. The molecule has 0 aliphatic heterocycles. The maximum Gasteiger partial charge on any atom is 0.130 e. The maximum atomic E-state index is 13.6. The van der Waals surface area contributed by atoms with E-state index in [4.69, 9.17) is 5.73 Å². The van der Waals surface area contributed by atoms with Gasteiger partial charge in [0.2, 0.25) is 0 Å². The summed E-state index contributed by atoms with van der Waals surface area (Å²) >= 11 is 0. The van der Waals surface area contributed by atoms with Crippen molar-refractivity contribution in [2.45, 2.75) is 38.6 Å². The Hall–Kier alpha value is -0.960. The molecular weight excluding hydrogens is 208 g/mol. The van der Waals surface area contributed by atoms with Gasteiger partial charge in [-0.3, -0.25) is 0 Å². The second-order valence-electron chi connectivity index (χ2n) is 5.00. The van der Waals surface area contributed by atoms with E-state index < -0.39 is 11.6 Å². The molecule has 0 bridgehead atoms. The normalized spacial score (nSPS) is 21.0. The van der Waals surface area contributed by atoms with Gasteiger partial charge in [0.1, 0.15) is 11.6 Å². The molecule has 1 aromatic carbocycles. The zero-order valence-corrected chi connectivity index (χ0v) is 9.47. The highest BCUT2D eigenvalue weighted by atomic mass is 19.1. The van der Waals surface area contributed by atoms with Crippen LogP contribution in [0.5, 0.6) is 0 Å². The van der Waals surface area contributed by atoms with E-state index >= 15 is 0 Å². The summed E-state index contributed by atoms with van der Waals surface area (Å²) in [6.45, 7) is 2.09. The molecule has 3 heteroatoms. The highest BCUT2D eigenvalue weighted by Gasteiger charge is 2.36. The van der Waals surface area contributed by atoms with Crippen molar-refractivity contribution in [1.29, 1.82) is 0 Å². The van der Waals surface area contributed by atoms with Crippen molar-refractivity contribution in [1.82, 2.24) is 0 Å². The Bertz CT molecular complexity index is 384. The molecular formula is C13H17F2N. The molecule has 16 heavy (non-hydrogen) atoms. The number of rotatable bonds is 2. The molecule has 0 aromatic heterocycles. The minimum absolute atomic E-state index is 0.0430. The zero-order valence-electron chi connectivity index (χ0n) is 9.47. The first-order valence-electron chi connectivity index (χ1n) is 5.73. The third-order valence-corrected chi connectivity index (χ3v) is 3.79. The predicted molar refractivity (Wildman–Crippen MR) is 59.9 cm³/mol. The summed E-state index contributed by atoms with van der Waals surface area (Å²) in [5.74, 6) is -1.08. The molecule has 1 fully saturated rings. The van der Waals surface area contributed by atoms with Crippen LogP contribution in [0, 0.1) is 17.0 Å². The summed E-state index contributed by atoms with van der Waals surface area (Å²) in [7, 11) is 0. The van der Waals surface area contributed by atoms with Crippen LogP contribution >= 0.6 is 0 Å². The van der Waals surface area contributed by atoms with Crippen LogP contribution in [0.15, 0.2) is 18.2 Å². The molecule has 1 aromatic rings. The van der Waals surface area contributed by atoms with Gasteiger partial charge in [-0.15, -0.1) is 0 Å². The van der Waals surface area contributed by atoms with E-state index in [0.717, 1.165) is 31.7 Å². The summed E-state index contributed by atoms with van der Waals surface area (Å²) in [5, 5.41) is 0. The Morgan fingerprint density at radius 3 is 2.44 bits per heavy atom. The van der Waals surface area contributed by atoms with Crippen molar-refractivity contribution >= 4 is 0 Å². The van der Waals surface area contributed by atoms with Gasteiger partial charge in [-0.1, -0.05) is 25.8 Å². The van der Waals surface area contributed by atoms with E-state index in [0.29, 0.717) is 5.56 Å². The second-order valence-corrected chi connectivity index (χ2v) is 5.00. The number of halogens is 2. The molecule has 1 unspecified atom stereocenters. The topological polar surface area (TPSA) is 26.0 Å². The number of benzene rings is 1. The van der Waals surface area contributed by atoms with Crippen molar-refractivity contribution in [3.63, 3.8) is 0 Å². The van der Waals surface area contributed by atoms with Gasteiger partial charge in [-0.25, -0.2) is 8.78 Å². The van der Waals surface area contributed by atoms with Crippen LogP contribution < -0.4 is 5.73 Å². The van der Waals surface area contributed by atoms with Gasteiger partial charge in [-0.2, -0.15) is 0 Å². The molecule has 0 spiro atoms. The van der Waals surface area contributed by atoms with Gasteiger partial charge in [0.05, 0.1) is 0 Å². The molecule has 88 valence electrons. The Morgan fingerprint density at radius 1 is 1.25 bits per heavy atom. The van der Waals surface area contributed by atoms with Crippen molar-refractivity contribution in [2.75, 3.05) is 0 Å². The molecule has 1 aliphatic carbocycles. The number of nitrogens with two attached hydrogens (primary N) is 1. The highest BCUT2D eigenvalue weighted by molar-refractivity contribution is 5.24. The largest absolute Gasteiger partial charge is 0.323 e. The lowest BCUT2D eigenvalue weighted by molar-refractivity contribution is 0.260. The summed E-state index contributed by atoms with van der Waals surface area (Å²) in [5.41, 5.74) is 6.52. The first-order valence-corrected chi connectivity index (χ1v) is 5.73. The van der Waals surface area contributed by atoms with Crippen LogP contribution in [0.2, 0.25) is 0 Å². The van der Waals surface area contributed by atoms with Crippen molar-refractivity contribution in [3.8, 4) is 0 Å². The third-order valence-electron chi connectivity index (χ3n) is 3.79. The lowest BCUT2D eigenvalue weighted by atomic mass is 9.77. The zero-order chi connectivity index (χ0) is 11.8. The first-order chi connectivity index (χ1) is 7.53. The van der Waals surface area contributed by atoms with Crippen LogP contribution in [0.4, 0.5) is 8.78 Å². The minimum Gasteiger partial charge on any atom is -0.323 e. The van der Waals surface area contributed by atoms with Crippen molar-refractivity contribution < 1.29 is 8.78 Å². The Kier molecular flexibility index (Phi) is 2.98. The summed E-state index contributed by atoms with van der Waals surface area (Å²) in [6.07, 6.45) is 4.33. The molecule has 2 N–H and O–H groups in total. The van der Waals surface area contributed by atoms with E-state index in [1.54, 1.807) is 0 Å². The fourth-order valence-electron chi connectivity index (χ4n) is 2.62. The smallest absolute Gasteiger partial charge is 0.130 e. The lowest BCUT2D eigenvalue weighted by Gasteiger charge is -2.31. The molecule has 1 aliphatic rings. The Balaban J connectivity index is 2.29. The third kappa shape index (κ3) is 1.96. The monoisotopic (exact) mass is 225 g/mol. The van der Waals surface area contributed by atoms with Gasteiger partial charge in [-0.05, 0) is 24.3 Å². The SMILES string of the molecule is CC1(C(N)c2ccc(F)cc2F)CCCC1. The van der Waals surface area contributed by atoms with E-state index in [1.165, 1.54) is 12.1 Å². The van der Waals surface area contributed by atoms with Gasteiger partial charge < -0.3 is 5.73 Å². The molecule has 0 radical (unpaired) electrons. The van der Waals surface area contributed by atoms with E-state index in [-0.39, 0.29) is 11.5 Å². The fourth-order valence-corrected chi connectivity index (χ4v) is 2.62. The summed E-state index contributed by atoms with van der Waals surface area (Å²) in [6, 6.07) is 3.32. The van der Waals surface area contributed by atoms with Crippen LogP contribution in [-0.4, -0.2) is 0 Å². The highest BCUT2D eigenvalue weighted by Crippen LogP contribution is 2.46. The van der Waals surface area contributed by atoms with Crippen LogP contribution in [0.3, 0.4) is 0 Å². The first kappa shape index (κ1) is 11.5. The minimum atomic E-state index is -0.551. The average molecular weight is 225 g/mol. The number of hydrogen-bond acceptors (Lipinski definition) is 1. The Labute approximate surface area is 94.7 Å². The van der Waals surface area contributed by atoms with Gasteiger partial charge in [0.15, 0.2) is 0 Å². The number of hydrogen-bond donors (Lipinski definition) is 1. The molecule has 1 atom stereocenters. The summed E-state index contributed by atoms with van der Waals surface area (Å²) < 4.78 is 26.4. The standard InChI is InChI=1S/C13H17F2N/c1-13(6-2-3-7-13)12(16)10-5-4-9(14)8-11(10)15/h4-5,8,12H,2-3,6-7,16H2,1H3. The van der Waals surface area contributed by atoms with Gasteiger partial charge >= 0.3 is 0 Å². The van der Waals surface area contributed by atoms with Crippen molar-refractivity contribution in [2.24, 2.45) is 11.1 Å². The molecule has 0 saturated heterocycles.